The molecule has 0 aromatic carbocycles. The lowest BCUT2D eigenvalue weighted by molar-refractivity contribution is 0.182. The predicted molar refractivity (Wildman–Crippen MR) is 59.2 cm³/mol. The molecule has 1 saturated heterocycles. The van der Waals surface area contributed by atoms with Gasteiger partial charge in [-0.25, -0.2) is 4.68 Å². The fourth-order valence-electron chi connectivity index (χ4n) is 1.97. The highest BCUT2D eigenvalue weighted by atomic mass is 79.9. The molecular weight excluding hydrogens is 260 g/mol. The standard InChI is InChI=1S/C9H15BrN4O/c1-14-8(9(10)12-13-14)7(11)4-6-2-3-15-5-6/h6-7H,2-5,11H2,1H3. The molecule has 2 N–H and O–H groups in total. The number of nitrogens with two attached hydrogens (primary N) is 1. The van der Waals surface area contributed by atoms with Crippen molar-refractivity contribution < 1.29 is 4.74 Å². The molecule has 0 radical (unpaired) electrons. The molecule has 1 aliphatic rings. The van der Waals surface area contributed by atoms with Gasteiger partial charge in [0.25, 0.3) is 0 Å². The minimum absolute atomic E-state index is 0.0222. The van der Waals surface area contributed by atoms with Gasteiger partial charge in [0.15, 0.2) is 4.60 Å². The highest BCUT2D eigenvalue weighted by Gasteiger charge is 2.23. The second-order valence-corrected chi connectivity index (χ2v) is 4.71. The van der Waals surface area contributed by atoms with Gasteiger partial charge in [0.05, 0.1) is 5.69 Å². The predicted octanol–water partition coefficient (Wildman–Crippen LogP) is 1.00. The van der Waals surface area contributed by atoms with Crippen molar-refractivity contribution >= 4 is 15.9 Å². The van der Waals surface area contributed by atoms with Crippen LogP contribution in [0.25, 0.3) is 0 Å². The SMILES string of the molecule is Cn1nnc(Br)c1C(N)CC1CCOC1. The van der Waals surface area contributed by atoms with Crippen molar-refractivity contribution in [3.8, 4) is 0 Å². The Balaban J connectivity index is 2.03. The van der Waals surface area contributed by atoms with Crippen molar-refractivity contribution in [2.75, 3.05) is 13.2 Å². The van der Waals surface area contributed by atoms with E-state index in [9.17, 15) is 0 Å². The second-order valence-electron chi connectivity index (χ2n) is 3.96. The largest absolute Gasteiger partial charge is 0.381 e. The van der Waals surface area contributed by atoms with Gasteiger partial charge in [0.1, 0.15) is 0 Å². The molecule has 0 spiro atoms. The summed E-state index contributed by atoms with van der Waals surface area (Å²) in [4.78, 5) is 0. The molecule has 2 heterocycles. The van der Waals surface area contributed by atoms with E-state index in [0.29, 0.717) is 5.92 Å². The Labute approximate surface area is 97.1 Å². The van der Waals surface area contributed by atoms with Crippen LogP contribution < -0.4 is 5.73 Å². The molecule has 1 fully saturated rings. The molecule has 0 bridgehead atoms. The van der Waals surface area contributed by atoms with E-state index in [0.717, 1.165) is 36.4 Å². The van der Waals surface area contributed by atoms with Crippen molar-refractivity contribution in [1.29, 1.82) is 0 Å². The van der Waals surface area contributed by atoms with Crippen molar-refractivity contribution in [1.82, 2.24) is 15.0 Å². The summed E-state index contributed by atoms with van der Waals surface area (Å²) in [6.07, 6.45) is 2.04. The van der Waals surface area contributed by atoms with Crippen molar-refractivity contribution in [3.63, 3.8) is 0 Å². The third kappa shape index (κ3) is 2.38. The minimum atomic E-state index is -0.0222. The summed E-state index contributed by atoms with van der Waals surface area (Å²) in [6, 6.07) is -0.0222. The number of aromatic nitrogens is 3. The van der Waals surface area contributed by atoms with Crippen molar-refractivity contribution in [3.05, 3.63) is 10.3 Å². The van der Waals surface area contributed by atoms with Gasteiger partial charge in [-0.3, -0.25) is 0 Å². The fraction of sp³-hybridized carbons (Fsp3) is 0.778. The van der Waals surface area contributed by atoms with E-state index in [1.54, 1.807) is 4.68 Å². The van der Waals surface area contributed by atoms with Gasteiger partial charge < -0.3 is 10.5 Å². The molecule has 5 nitrogen and oxygen atoms in total. The zero-order valence-electron chi connectivity index (χ0n) is 8.69. The molecule has 1 aliphatic heterocycles. The maximum atomic E-state index is 6.13. The van der Waals surface area contributed by atoms with E-state index in [1.807, 2.05) is 7.05 Å². The van der Waals surface area contributed by atoms with E-state index in [-0.39, 0.29) is 6.04 Å². The molecule has 2 unspecified atom stereocenters. The minimum Gasteiger partial charge on any atom is -0.381 e. The van der Waals surface area contributed by atoms with E-state index >= 15 is 0 Å². The molecule has 2 rings (SSSR count). The summed E-state index contributed by atoms with van der Waals surface area (Å²) in [5, 5.41) is 7.85. The van der Waals surface area contributed by atoms with E-state index < -0.39 is 0 Å². The Morgan fingerprint density at radius 3 is 3.07 bits per heavy atom. The van der Waals surface area contributed by atoms with Crippen LogP contribution in [0.5, 0.6) is 0 Å². The quantitative estimate of drug-likeness (QED) is 0.893. The molecule has 0 aliphatic carbocycles. The lowest BCUT2D eigenvalue weighted by Crippen LogP contribution is -2.19. The first-order valence-corrected chi connectivity index (χ1v) is 5.86. The Morgan fingerprint density at radius 2 is 2.53 bits per heavy atom. The number of ether oxygens (including phenoxy) is 1. The Kier molecular flexibility index (Phi) is 3.38. The first kappa shape index (κ1) is 11.0. The van der Waals surface area contributed by atoms with Gasteiger partial charge in [0.2, 0.25) is 0 Å². The summed E-state index contributed by atoms with van der Waals surface area (Å²) in [5.74, 6) is 0.571. The summed E-state index contributed by atoms with van der Waals surface area (Å²) < 4.78 is 7.80. The molecule has 0 amide bonds. The second kappa shape index (κ2) is 4.59. The first-order chi connectivity index (χ1) is 7.18. The zero-order valence-corrected chi connectivity index (χ0v) is 10.3. The third-order valence-electron chi connectivity index (χ3n) is 2.79. The molecule has 1 aromatic heterocycles. The molecular formula is C9H15BrN4O. The van der Waals surface area contributed by atoms with Gasteiger partial charge in [0, 0.05) is 26.3 Å². The lowest BCUT2D eigenvalue weighted by Gasteiger charge is -2.15. The third-order valence-corrected chi connectivity index (χ3v) is 3.35. The number of halogens is 1. The van der Waals surface area contributed by atoms with Crippen LogP contribution in [0.2, 0.25) is 0 Å². The van der Waals surface area contributed by atoms with Crippen LogP contribution in [-0.4, -0.2) is 28.2 Å². The number of hydrogen-bond acceptors (Lipinski definition) is 4. The molecule has 1 aromatic rings. The maximum absolute atomic E-state index is 6.13. The topological polar surface area (TPSA) is 66.0 Å². The van der Waals surface area contributed by atoms with Gasteiger partial charge in [-0.15, -0.1) is 5.10 Å². The molecule has 6 heteroatoms. The number of hydrogen-bond donors (Lipinski definition) is 1. The van der Waals surface area contributed by atoms with Crippen molar-refractivity contribution in [2.24, 2.45) is 18.7 Å². The molecule has 2 atom stereocenters. The van der Waals surface area contributed by atoms with Crippen LogP contribution in [0.4, 0.5) is 0 Å². The fourth-order valence-corrected chi connectivity index (χ4v) is 2.59. The van der Waals surface area contributed by atoms with Crippen LogP contribution >= 0.6 is 15.9 Å². The van der Waals surface area contributed by atoms with Crippen LogP contribution in [0, 0.1) is 5.92 Å². The van der Waals surface area contributed by atoms with Crippen LogP contribution in [0.3, 0.4) is 0 Å². The zero-order chi connectivity index (χ0) is 10.8. The summed E-state index contributed by atoms with van der Waals surface area (Å²) in [7, 11) is 1.86. The summed E-state index contributed by atoms with van der Waals surface area (Å²) in [5.41, 5.74) is 7.09. The number of rotatable bonds is 3. The Hall–Kier alpha value is -0.460. The molecule has 0 saturated carbocycles. The maximum Gasteiger partial charge on any atom is 0.153 e. The first-order valence-electron chi connectivity index (χ1n) is 5.07. The van der Waals surface area contributed by atoms with Crippen LogP contribution in [-0.2, 0) is 11.8 Å². The van der Waals surface area contributed by atoms with Gasteiger partial charge >= 0.3 is 0 Å². The van der Waals surface area contributed by atoms with Crippen molar-refractivity contribution in [2.45, 2.75) is 18.9 Å². The lowest BCUT2D eigenvalue weighted by atomic mass is 9.98. The number of aryl methyl sites for hydroxylation is 1. The average molecular weight is 275 g/mol. The summed E-state index contributed by atoms with van der Waals surface area (Å²) >= 11 is 3.36. The van der Waals surface area contributed by atoms with E-state index in [1.165, 1.54) is 0 Å². The highest BCUT2D eigenvalue weighted by molar-refractivity contribution is 9.10. The average Bonchev–Trinajstić information content (AvgIpc) is 2.77. The Morgan fingerprint density at radius 1 is 1.73 bits per heavy atom. The van der Waals surface area contributed by atoms with Gasteiger partial charge in [-0.2, -0.15) is 0 Å². The monoisotopic (exact) mass is 274 g/mol. The van der Waals surface area contributed by atoms with E-state index in [4.69, 9.17) is 10.5 Å². The number of nitrogens with zero attached hydrogens (tertiary/aromatic N) is 3. The van der Waals surface area contributed by atoms with Gasteiger partial charge in [-0.1, -0.05) is 5.21 Å². The smallest absolute Gasteiger partial charge is 0.153 e. The molecule has 15 heavy (non-hydrogen) atoms. The highest BCUT2D eigenvalue weighted by Crippen LogP contribution is 2.27. The molecule has 84 valence electrons. The Bertz CT molecular complexity index is 315. The summed E-state index contributed by atoms with van der Waals surface area (Å²) in [6.45, 7) is 1.69. The van der Waals surface area contributed by atoms with E-state index in [2.05, 4.69) is 26.2 Å². The van der Waals surface area contributed by atoms with Crippen LogP contribution in [0.1, 0.15) is 24.6 Å². The normalized spacial score (nSPS) is 23.3. The van der Waals surface area contributed by atoms with Gasteiger partial charge in [-0.05, 0) is 34.7 Å². The van der Waals surface area contributed by atoms with Crippen LogP contribution in [0.15, 0.2) is 4.60 Å².